The minimum atomic E-state index is -0.617. The number of halogens is 1. The van der Waals surface area contributed by atoms with Gasteiger partial charge in [0.25, 0.3) is 0 Å². The fourth-order valence-electron chi connectivity index (χ4n) is 5.17. The molecule has 2 amide bonds. The molecule has 0 bridgehead atoms. The zero-order valence-electron chi connectivity index (χ0n) is 19.4. The standard InChI is InChI=1S/C22H34FN7O3/c1-15-24-19(18(23)20(25-15)29-10-9-28(2)22(13-29)7-8-22)26-27-21(32)17(12-30(33)14-31)11-16-5-3-4-6-16/h14,16-17,33H,3-13H2,1-2H3,(H,27,32)(H,24,25,26)/t17-/m1/s1. The van der Waals surface area contributed by atoms with Gasteiger partial charge in [0.1, 0.15) is 5.82 Å². The van der Waals surface area contributed by atoms with E-state index in [9.17, 15) is 14.8 Å². The topological polar surface area (TPSA) is 114 Å². The number of rotatable bonds is 9. The molecular weight excluding hydrogens is 429 g/mol. The molecule has 2 aliphatic carbocycles. The van der Waals surface area contributed by atoms with Crippen LogP contribution < -0.4 is 15.8 Å². The van der Waals surface area contributed by atoms with Gasteiger partial charge in [0.15, 0.2) is 11.6 Å². The molecule has 0 unspecified atom stereocenters. The maximum atomic E-state index is 15.4. The van der Waals surface area contributed by atoms with Crippen LogP contribution in [-0.2, 0) is 9.59 Å². The van der Waals surface area contributed by atoms with Crippen molar-refractivity contribution in [3.63, 3.8) is 0 Å². The van der Waals surface area contributed by atoms with E-state index in [1.54, 1.807) is 6.92 Å². The van der Waals surface area contributed by atoms with E-state index in [1.807, 2.05) is 4.90 Å². The van der Waals surface area contributed by atoms with Gasteiger partial charge in [-0.1, -0.05) is 25.7 Å². The second-order valence-corrected chi connectivity index (χ2v) is 9.75. The average Bonchev–Trinajstić information content (AvgIpc) is 3.38. The van der Waals surface area contributed by atoms with Gasteiger partial charge in [-0.25, -0.2) is 15.0 Å². The normalized spacial score (nSPS) is 21.2. The number of hydrogen-bond donors (Lipinski definition) is 3. The van der Waals surface area contributed by atoms with Gasteiger partial charge in [-0.3, -0.25) is 30.5 Å². The van der Waals surface area contributed by atoms with E-state index >= 15 is 4.39 Å². The molecule has 33 heavy (non-hydrogen) atoms. The Morgan fingerprint density at radius 1 is 1.33 bits per heavy atom. The molecule has 0 aromatic carbocycles. The van der Waals surface area contributed by atoms with E-state index in [1.165, 1.54) is 0 Å². The Labute approximate surface area is 193 Å². The molecule has 1 atom stereocenters. The first-order valence-corrected chi connectivity index (χ1v) is 11.8. The van der Waals surface area contributed by atoms with Gasteiger partial charge in [-0.2, -0.15) is 4.39 Å². The number of carbonyl (C=O) groups excluding carboxylic acids is 2. The monoisotopic (exact) mass is 463 g/mol. The SMILES string of the molecule is Cc1nc(NNC(=O)[C@H](CC2CCCC2)CN(O)C=O)c(F)c(N2CCN(C)C3(CC3)C2)n1. The van der Waals surface area contributed by atoms with Gasteiger partial charge in [0, 0.05) is 25.2 Å². The Kier molecular flexibility index (Phi) is 6.99. The Bertz CT molecular complexity index is 876. The second-order valence-electron chi connectivity index (χ2n) is 9.75. The number of hydrazine groups is 1. The third kappa shape index (κ3) is 5.35. The van der Waals surface area contributed by atoms with Crippen LogP contribution in [0.1, 0.15) is 50.8 Å². The molecule has 2 saturated carbocycles. The molecule has 3 N–H and O–H groups in total. The summed E-state index contributed by atoms with van der Waals surface area (Å²) in [4.78, 5) is 36.5. The number of carbonyl (C=O) groups is 2. The largest absolute Gasteiger partial charge is 0.351 e. The number of hydroxylamine groups is 2. The van der Waals surface area contributed by atoms with Crippen molar-refractivity contribution in [2.24, 2.45) is 11.8 Å². The van der Waals surface area contributed by atoms with Gasteiger partial charge in [-0.05, 0) is 39.2 Å². The van der Waals surface area contributed by atoms with Crippen molar-refractivity contribution in [1.82, 2.24) is 25.4 Å². The van der Waals surface area contributed by atoms with Crippen molar-refractivity contribution in [1.29, 1.82) is 0 Å². The lowest BCUT2D eigenvalue weighted by atomic mass is 9.92. The summed E-state index contributed by atoms with van der Waals surface area (Å²) in [5, 5.41) is 10.1. The third-order valence-corrected chi connectivity index (χ3v) is 7.37. The van der Waals surface area contributed by atoms with Crippen LogP contribution >= 0.6 is 0 Å². The molecule has 1 saturated heterocycles. The maximum absolute atomic E-state index is 15.4. The van der Waals surface area contributed by atoms with Crippen molar-refractivity contribution in [2.75, 3.05) is 43.6 Å². The Balaban J connectivity index is 1.44. The highest BCUT2D eigenvalue weighted by molar-refractivity contribution is 5.80. The molecule has 4 rings (SSSR count). The molecule has 3 aliphatic rings. The van der Waals surface area contributed by atoms with E-state index in [0.717, 1.165) is 45.1 Å². The van der Waals surface area contributed by atoms with E-state index in [2.05, 4.69) is 32.8 Å². The molecule has 10 nitrogen and oxygen atoms in total. The number of aryl methyl sites for hydroxylation is 1. The number of amides is 2. The highest BCUT2D eigenvalue weighted by Crippen LogP contribution is 2.44. The molecule has 1 aliphatic heterocycles. The summed E-state index contributed by atoms with van der Waals surface area (Å²) >= 11 is 0. The number of nitrogens with zero attached hydrogens (tertiary/aromatic N) is 5. The first-order chi connectivity index (χ1) is 15.8. The fraction of sp³-hybridized carbons (Fsp3) is 0.727. The Morgan fingerprint density at radius 2 is 2.06 bits per heavy atom. The molecule has 182 valence electrons. The maximum Gasteiger partial charge on any atom is 0.243 e. The fourth-order valence-corrected chi connectivity index (χ4v) is 5.17. The number of hydrogen-bond acceptors (Lipinski definition) is 8. The number of likely N-dealkylation sites (N-methyl/N-ethyl adjacent to an activating group) is 1. The third-order valence-electron chi connectivity index (χ3n) is 7.37. The van der Waals surface area contributed by atoms with Crippen molar-refractivity contribution in [3.8, 4) is 0 Å². The van der Waals surface area contributed by atoms with Crippen molar-refractivity contribution in [3.05, 3.63) is 11.6 Å². The van der Waals surface area contributed by atoms with Gasteiger partial charge in [-0.15, -0.1) is 0 Å². The number of nitrogens with one attached hydrogen (secondary N) is 2. The molecule has 1 aromatic rings. The Morgan fingerprint density at radius 3 is 2.73 bits per heavy atom. The minimum absolute atomic E-state index is 0.0921. The molecular formula is C22H34FN7O3. The summed E-state index contributed by atoms with van der Waals surface area (Å²) in [6.07, 6.45) is 7.32. The van der Waals surface area contributed by atoms with Gasteiger partial charge >= 0.3 is 0 Å². The number of piperazine rings is 1. The van der Waals surface area contributed by atoms with Crippen molar-refractivity contribution in [2.45, 2.75) is 57.4 Å². The lowest BCUT2D eigenvalue weighted by Gasteiger charge is -2.40. The van der Waals surface area contributed by atoms with E-state index < -0.39 is 17.6 Å². The van der Waals surface area contributed by atoms with E-state index in [-0.39, 0.29) is 30.1 Å². The summed E-state index contributed by atoms with van der Waals surface area (Å²) in [5.74, 6) is -0.723. The lowest BCUT2D eigenvalue weighted by Crippen LogP contribution is -2.53. The lowest BCUT2D eigenvalue weighted by molar-refractivity contribution is -0.154. The highest BCUT2D eigenvalue weighted by Gasteiger charge is 2.50. The molecule has 1 aromatic heterocycles. The summed E-state index contributed by atoms with van der Waals surface area (Å²) in [5.41, 5.74) is 5.26. The zero-order chi connectivity index (χ0) is 23.6. The number of aromatic nitrogens is 2. The highest BCUT2D eigenvalue weighted by atomic mass is 19.1. The van der Waals surface area contributed by atoms with Crippen molar-refractivity contribution < 1.29 is 19.2 Å². The smallest absolute Gasteiger partial charge is 0.243 e. The van der Waals surface area contributed by atoms with Crippen LogP contribution in [-0.4, -0.2) is 76.2 Å². The summed E-state index contributed by atoms with van der Waals surface area (Å²) in [7, 11) is 2.11. The summed E-state index contributed by atoms with van der Waals surface area (Å²) < 4.78 is 15.4. The quantitative estimate of drug-likeness (QED) is 0.288. The number of anilines is 2. The predicted octanol–water partition coefficient (Wildman–Crippen LogP) is 1.70. The molecule has 3 fully saturated rings. The summed E-state index contributed by atoms with van der Waals surface area (Å²) in [6.45, 7) is 3.78. The molecule has 11 heteroatoms. The van der Waals surface area contributed by atoms with Crippen LogP contribution in [0.15, 0.2) is 0 Å². The predicted molar refractivity (Wildman–Crippen MR) is 120 cm³/mol. The van der Waals surface area contributed by atoms with Crippen LogP contribution in [0, 0.1) is 24.6 Å². The minimum Gasteiger partial charge on any atom is -0.351 e. The first-order valence-electron chi connectivity index (χ1n) is 11.8. The zero-order valence-corrected chi connectivity index (χ0v) is 19.4. The van der Waals surface area contributed by atoms with Crippen LogP contribution in [0.2, 0.25) is 0 Å². The Hall–Kier alpha value is -2.53. The first kappa shape index (κ1) is 23.6. The van der Waals surface area contributed by atoms with Gasteiger partial charge in [0.2, 0.25) is 18.1 Å². The van der Waals surface area contributed by atoms with E-state index in [0.29, 0.717) is 36.3 Å². The van der Waals surface area contributed by atoms with E-state index in [4.69, 9.17) is 0 Å². The van der Waals surface area contributed by atoms with Crippen molar-refractivity contribution >= 4 is 24.0 Å². The van der Waals surface area contributed by atoms with Gasteiger partial charge < -0.3 is 4.90 Å². The molecule has 1 spiro atoms. The molecule has 0 radical (unpaired) electrons. The average molecular weight is 464 g/mol. The van der Waals surface area contributed by atoms with Crippen LogP contribution in [0.3, 0.4) is 0 Å². The molecule has 2 heterocycles. The summed E-state index contributed by atoms with van der Waals surface area (Å²) in [6, 6.07) is 0. The second kappa shape index (κ2) is 9.76. The van der Waals surface area contributed by atoms with Gasteiger partial charge in [0.05, 0.1) is 12.5 Å². The van der Waals surface area contributed by atoms with Crippen LogP contribution in [0.5, 0.6) is 0 Å². The van der Waals surface area contributed by atoms with Crippen LogP contribution in [0.25, 0.3) is 0 Å². The van der Waals surface area contributed by atoms with Crippen LogP contribution in [0.4, 0.5) is 16.0 Å².